The van der Waals surface area contributed by atoms with Gasteiger partial charge in [-0.05, 0) is 17.0 Å². The first-order valence-corrected chi connectivity index (χ1v) is 6.36. The molecule has 0 saturated carbocycles. The van der Waals surface area contributed by atoms with Crippen LogP contribution in [0, 0.1) is 0 Å². The number of rotatable bonds is 4. The molecule has 0 aliphatic heterocycles. The van der Waals surface area contributed by atoms with Crippen LogP contribution < -0.4 is 34.7 Å². The number of carbonyl (C=O) groups is 2. The first-order chi connectivity index (χ1) is 8.59. The summed E-state index contributed by atoms with van der Waals surface area (Å²) in [5.74, 6) is -1.83. The molecule has 0 amide bonds. The summed E-state index contributed by atoms with van der Waals surface area (Å²) in [6.07, 6.45) is 0. The van der Waals surface area contributed by atoms with Crippen molar-refractivity contribution < 1.29 is 44.3 Å². The predicted molar refractivity (Wildman–Crippen MR) is 67.6 cm³/mol. The quantitative estimate of drug-likeness (QED) is 0.525. The Kier molecular flexibility index (Phi) is 5.94. The van der Waals surface area contributed by atoms with Crippen LogP contribution in [0.15, 0.2) is 41.8 Å². The van der Waals surface area contributed by atoms with Crippen molar-refractivity contribution in [2.45, 2.75) is 12.8 Å². The second-order valence-corrected chi connectivity index (χ2v) is 4.92. The van der Waals surface area contributed by atoms with Crippen LogP contribution in [-0.4, -0.2) is 11.8 Å². The van der Waals surface area contributed by atoms with E-state index in [-0.39, 0.29) is 35.3 Å². The summed E-state index contributed by atoms with van der Waals surface area (Å²) in [6.45, 7) is 1.56. The van der Waals surface area contributed by atoms with Crippen molar-refractivity contribution in [1.29, 1.82) is 0 Å². The molecule has 1 aromatic heterocycles. The van der Waals surface area contributed by atoms with Crippen LogP contribution in [0.5, 0.6) is 0 Å². The Morgan fingerprint density at radius 2 is 1.79 bits per heavy atom. The summed E-state index contributed by atoms with van der Waals surface area (Å²) in [4.78, 5) is 23.4. The van der Waals surface area contributed by atoms with Gasteiger partial charge in [0.15, 0.2) is 0 Å². The Balaban J connectivity index is 0.00000180. The van der Waals surface area contributed by atoms with E-state index in [9.17, 15) is 14.7 Å². The molecule has 2 aromatic rings. The number of carbonyl (C=O) groups excluding carboxylic acids is 2. The van der Waals surface area contributed by atoms with E-state index in [1.807, 2.05) is 11.4 Å². The van der Waals surface area contributed by atoms with Crippen molar-refractivity contribution >= 4 is 23.1 Å². The van der Waals surface area contributed by atoms with Crippen LogP contribution in [0.1, 0.15) is 33.6 Å². The average molecular weight is 282 g/mol. The first kappa shape index (κ1) is 16.1. The molecule has 19 heavy (non-hydrogen) atoms. The third-order valence-electron chi connectivity index (χ3n) is 2.77. The van der Waals surface area contributed by atoms with Crippen molar-refractivity contribution in [1.82, 2.24) is 0 Å². The van der Waals surface area contributed by atoms with Crippen molar-refractivity contribution in [2.24, 2.45) is 0 Å². The fourth-order valence-corrected chi connectivity index (χ4v) is 2.30. The van der Waals surface area contributed by atoms with Crippen molar-refractivity contribution in [2.75, 3.05) is 0 Å². The Bertz CT molecular complexity index is 561. The molecular formula is C14H11NaO3S. The molecule has 0 unspecified atom stereocenters. The molecule has 0 aliphatic carbocycles. The zero-order valence-electron chi connectivity index (χ0n) is 10.8. The molecule has 5 heteroatoms. The third-order valence-corrected chi connectivity index (χ3v) is 3.64. The standard InChI is InChI=1S/C14H12O3S.Na/c1-9(14(16)17)10-4-6-11(7-5-10)13(15)12-3-2-8-18-12;/h2-9H,1H3,(H,16,17);/q;+1/p-1/t9-;/m1./s1. The molecule has 1 heterocycles. The summed E-state index contributed by atoms with van der Waals surface area (Å²) in [7, 11) is 0. The summed E-state index contributed by atoms with van der Waals surface area (Å²) >= 11 is 1.39. The molecule has 0 N–H and O–H groups in total. The van der Waals surface area contributed by atoms with Crippen molar-refractivity contribution in [3.63, 3.8) is 0 Å². The first-order valence-electron chi connectivity index (χ1n) is 5.48. The SMILES string of the molecule is C[C@@H](C(=O)[O-])c1ccc(C(=O)c2cccs2)cc1.[Na+]. The molecule has 0 bridgehead atoms. The molecule has 1 atom stereocenters. The fraction of sp³-hybridized carbons (Fsp3) is 0.143. The van der Waals surface area contributed by atoms with E-state index in [0.29, 0.717) is 16.0 Å². The number of aliphatic carboxylic acids is 1. The normalized spacial score (nSPS) is 11.4. The Morgan fingerprint density at radius 3 is 2.26 bits per heavy atom. The minimum absolute atomic E-state index is 0. The topological polar surface area (TPSA) is 57.2 Å². The van der Waals surface area contributed by atoms with E-state index in [1.165, 1.54) is 11.3 Å². The second-order valence-electron chi connectivity index (χ2n) is 3.97. The van der Waals surface area contributed by atoms with E-state index < -0.39 is 11.9 Å². The van der Waals surface area contributed by atoms with E-state index in [1.54, 1.807) is 37.3 Å². The van der Waals surface area contributed by atoms with Gasteiger partial charge in [0, 0.05) is 17.5 Å². The van der Waals surface area contributed by atoms with Crippen LogP contribution in [0.3, 0.4) is 0 Å². The summed E-state index contributed by atoms with van der Waals surface area (Å²) in [5.41, 5.74) is 1.20. The number of hydrogen-bond acceptors (Lipinski definition) is 4. The Labute approximate surface area is 137 Å². The largest absolute Gasteiger partial charge is 1.00 e. The summed E-state index contributed by atoms with van der Waals surface area (Å²) in [5, 5.41) is 12.6. The summed E-state index contributed by atoms with van der Waals surface area (Å²) < 4.78 is 0. The van der Waals surface area contributed by atoms with Crippen LogP contribution in [0.2, 0.25) is 0 Å². The number of benzene rings is 1. The van der Waals surface area contributed by atoms with E-state index in [2.05, 4.69) is 0 Å². The number of carboxylic acids is 1. The maximum atomic E-state index is 12.0. The van der Waals surface area contributed by atoms with Gasteiger partial charge in [-0.3, -0.25) is 4.79 Å². The molecule has 1 aromatic carbocycles. The van der Waals surface area contributed by atoms with Crippen molar-refractivity contribution in [3.8, 4) is 0 Å². The molecule has 0 spiro atoms. The van der Waals surface area contributed by atoms with Gasteiger partial charge in [-0.25, -0.2) is 0 Å². The Hall–Kier alpha value is -0.940. The minimum atomic E-state index is -1.12. The van der Waals surface area contributed by atoms with Gasteiger partial charge in [-0.2, -0.15) is 0 Å². The number of thiophene rings is 1. The molecule has 0 saturated heterocycles. The van der Waals surface area contributed by atoms with Gasteiger partial charge >= 0.3 is 29.6 Å². The van der Waals surface area contributed by atoms with Crippen LogP contribution in [0.25, 0.3) is 0 Å². The minimum Gasteiger partial charge on any atom is -0.550 e. The molecular weight excluding hydrogens is 271 g/mol. The monoisotopic (exact) mass is 282 g/mol. The van der Waals surface area contributed by atoms with Gasteiger partial charge in [-0.15, -0.1) is 11.3 Å². The zero-order chi connectivity index (χ0) is 13.1. The maximum absolute atomic E-state index is 12.0. The van der Waals surface area contributed by atoms with Crippen LogP contribution in [-0.2, 0) is 4.79 Å². The van der Waals surface area contributed by atoms with Crippen molar-refractivity contribution in [3.05, 3.63) is 57.8 Å². The van der Waals surface area contributed by atoms with E-state index >= 15 is 0 Å². The van der Waals surface area contributed by atoms with Crippen LogP contribution >= 0.6 is 11.3 Å². The summed E-state index contributed by atoms with van der Waals surface area (Å²) in [6, 6.07) is 10.2. The molecule has 3 nitrogen and oxygen atoms in total. The number of hydrogen-bond donors (Lipinski definition) is 0. The molecule has 0 radical (unpaired) electrons. The Morgan fingerprint density at radius 1 is 1.16 bits per heavy atom. The molecule has 92 valence electrons. The fourth-order valence-electron chi connectivity index (χ4n) is 1.61. The number of carboxylic acid groups (broad SMARTS) is 1. The molecule has 0 fully saturated rings. The van der Waals surface area contributed by atoms with E-state index in [0.717, 1.165) is 0 Å². The smallest absolute Gasteiger partial charge is 0.550 e. The van der Waals surface area contributed by atoms with Gasteiger partial charge in [-0.1, -0.05) is 37.3 Å². The van der Waals surface area contributed by atoms with Gasteiger partial charge in [0.1, 0.15) is 0 Å². The maximum Gasteiger partial charge on any atom is 1.00 e. The zero-order valence-corrected chi connectivity index (χ0v) is 13.6. The number of ketones is 1. The van der Waals surface area contributed by atoms with Gasteiger partial charge in [0.2, 0.25) is 5.78 Å². The van der Waals surface area contributed by atoms with Gasteiger partial charge in [0.05, 0.1) is 4.88 Å². The second kappa shape index (κ2) is 7.01. The van der Waals surface area contributed by atoms with E-state index in [4.69, 9.17) is 0 Å². The molecule has 0 aliphatic rings. The van der Waals surface area contributed by atoms with Gasteiger partial charge < -0.3 is 9.90 Å². The van der Waals surface area contributed by atoms with Crippen LogP contribution in [0.4, 0.5) is 0 Å². The average Bonchev–Trinajstić information content (AvgIpc) is 2.91. The molecule has 2 rings (SSSR count). The predicted octanol–water partition coefficient (Wildman–Crippen LogP) is -1.16. The van der Waals surface area contributed by atoms with Gasteiger partial charge in [0.25, 0.3) is 0 Å². The third kappa shape index (κ3) is 3.76.